The van der Waals surface area contributed by atoms with Crippen LogP contribution in [-0.4, -0.2) is 54.9 Å². The molecule has 0 heterocycles. The normalized spacial score (nSPS) is 15.5. The summed E-state index contributed by atoms with van der Waals surface area (Å²) in [6.07, 6.45) is -0.623. The highest BCUT2D eigenvalue weighted by Gasteiger charge is 2.34. The van der Waals surface area contributed by atoms with Crippen molar-refractivity contribution in [3.8, 4) is 0 Å². The highest BCUT2D eigenvalue weighted by Crippen LogP contribution is 2.10. The lowest BCUT2D eigenvalue weighted by atomic mass is 10.1. The molecule has 0 aromatic carbocycles. The summed E-state index contributed by atoms with van der Waals surface area (Å²) in [6.45, 7) is 1.30. The van der Waals surface area contributed by atoms with Gasteiger partial charge in [-0.25, -0.2) is 0 Å². The number of hydrogen-bond donors (Lipinski definition) is 2. The van der Waals surface area contributed by atoms with E-state index < -0.39 is 24.0 Å². The number of likely N-dealkylation sites (N-methyl/N-ethyl adjacent to an activating group) is 1. The molecule has 1 atom stereocenters. The topological polar surface area (TPSA) is 89.5 Å². The van der Waals surface area contributed by atoms with Gasteiger partial charge in [0.05, 0.1) is 21.1 Å². The molecule has 88 valence electrons. The van der Waals surface area contributed by atoms with Gasteiger partial charge < -0.3 is 24.8 Å². The van der Waals surface area contributed by atoms with Crippen molar-refractivity contribution in [1.29, 1.82) is 0 Å². The minimum Gasteiger partial charge on any atom is -0.550 e. The Bertz CT molecular complexity index is 241. The Morgan fingerprint density at radius 3 is 2.13 bits per heavy atom. The smallest absolute Gasteiger partial charge is 0.219 e. The summed E-state index contributed by atoms with van der Waals surface area (Å²) in [5, 5.41) is 22.6. The third kappa shape index (κ3) is 6.87. The van der Waals surface area contributed by atoms with E-state index in [1.165, 1.54) is 6.92 Å². The van der Waals surface area contributed by atoms with Crippen molar-refractivity contribution in [2.45, 2.75) is 19.1 Å². The Labute approximate surface area is 89.1 Å². The van der Waals surface area contributed by atoms with Crippen LogP contribution >= 0.6 is 0 Å². The largest absolute Gasteiger partial charge is 0.550 e. The number of carbonyl (C=O) groups excluding carboxylic acids is 2. The number of rotatable bonds is 5. The first-order valence-corrected chi connectivity index (χ1v) is 4.55. The van der Waals surface area contributed by atoms with Crippen molar-refractivity contribution in [1.82, 2.24) is 5.32 Å². The van der Waals surface area contributed by atoms with E-state index in [1.54, 1.807) is 21.1 Å². The van der Waals surface area contributed by atoms with Crippen molar-refractivity contribution in [3.63, 3.8) is 0 Å². The first-order chi connectivity index (χ1) is 6.54. The van der Waals surface area contributed by atoms with Gasteiger partial charge in [0.15, 0.2) is 5.72 Å². The molecule has 0 aromatic rings. The van der Waals surface area contributed by atoms with Gasteiger partial charge in [-0.1, -0.05) is 0 Å². The highest BCUT2D eigenvalue weighted by molar-refractivity contribution is 5.75. The molecule has 0 aliphatic carbocycles. The average Bonchev–Trinajstić information content (AvgIpc) is 1.73. The summed E-state index contributed by atoms with van der Waals surface area (Å²) in [5.74, 6) is -1.88. The molecule has 0 fully saturated rings. The number of carbonyl (C=O) groups is 2. The molecule has 0 spiro atoms. The third-order valence-electron chi connectivity index (χ3n) is 1.58. The highest BCUT2D eigenvalue weighted by atomic mass is 16.4. The number of hydrogen-bond acceptors (Lipinski definition) is 4. The summed E-state index contributed by atoms with van der Waals surface area (Å²) in [7, 11) is 5.34. The lowest BCUT2D eigenvalue weighted by Gasteiger charge is -2.36. The van der Waals surface area contributed by atoms with Crippen molar-refractivity contribution in [2.24, 2.45) is 0 Å². The molecule has 0 saturated carbocycles. The fourth-order valence-corrected chi connectivity index (χ4v) is 1.49. The number of nitrogens with one attached hydrogen (secondary N) is 1. The molecule has 2 N–H and O–H groups in total. The van der Waals surface area contributed by atoms with E-state index in [-0.39, 0.29) is 6.54 Å². The van der Waals surface area contributed by atoms with Gasteiger partial charge in [-0.2, -0.15) is 0 Å². The predicted octanol–water partition coefficient (Wildman–Crippen LogP) is -2.34. The summed E-state index contributed by atoms with van der Waals surface area (Å²) in [6, 6.07) is 0. The Balaban J connectivity index is 4.69. The number of aliphatic carboxylic acids is 1. The fourth-order valence-electron chi connectivity index (χ4n) is 1.49. The standard InChI is InChI=1S/C9H18N2O4/c1-7(12)10-9(15,5-8(13)14)6-11(2,3)4/h15H,5-6H2,1-4H3,(H-,10,12,13,14). The molecule has 1 unspecified atom stereocenters. The number of carboxylic acid groups (broad SMARTS) is 1. The Morgan fingerprint density at radius 1 is 1.40 bits per heavy atom. The molecule has 15 heavy (non-hydrogen) atoms. The van der Waals surface area contributed by atoms with Crippen LogP contribution in [0.15, 0.2) is 0 Å². The van der Waals surface area contributed by atoms with Gasteiger partial charge in [0, 0.05) is 19.3 Å². The van der Waals surface area contributed by atoms with Crippen LogP contribution < -0.4 is 10.4 Å². The Kier molecular flexibility index (Phi) is 4.24. The second kappa shape index (κ2) is 4.59. The molecule has 0 bridgehead atoms. The lowest BCUT2D eigenvalue weighted by Crippen LogP contribution is -2.60. The van der Waals surface area contributed by atoms with E-state index in [0.717, 1.165) is 0 Å². The van der Waals surface area contributed by atoms with Crippen LogP contribution in [0.3, 0.4) is 0 Å². The summed E-state index contributed by atoms with van der Waals surface area (Å²) in [4.78, 5) is 21.3. The first kappa shape index (κ1) is 13.9. The van der Waals surface area contributed by atoms with Crippen LogP contribution in [0, 0.1) is 0 Å². The Hall–Kier alpha value is -1.14. The number of quaternary nitrogens is 1. The van der Waals surface area contributed by atoms with Crippen LogP contribution in [0.25, 0.3) is 0 Å². The van der Waals surface area contributed by atoms with Crippen molar-refractivity contribution >= 4 is 11.9 Å². The molecule has 1 amide bonds. The molecule has 0 rings (SSSR count). The van der Waals surface area contributed by atoms with Gasteiger partial charge in [-0.3, -0.25) is 4.79 Å². The molecular weight excluding hydrogens is 200 g/mol. The summed E-state index contributed by atoms with van der Waals surface area (Å²) < 4.78 is 0.323. The molecule has 6 nitrogen and oxygen atoms in total. The van der Waals surface area contributed by atoms with Gasteiger partial charge in [0.2, 0.25) is 5.91 Å². The van der Waals surface area contributed by atoms with Crippen LogP contribution in [0.5, 0.6) is 0 Å². The van der Waals surface area contributed by atoms with Crippen LogP contribution in [0.4, 0.5) is 0 Å². The van der Waals surface area contributed by atoms with E-state index in [4.69, 9.17) is 0 Å². The first-order valence-electron chi connectivity index (χ1n) is 4.55. The predicted molar refractivity (Wildman–Crippen MR) is 51.3 cm³/mol. The molecule has 0 aliphatic rings. The van der Waals surface area contributed by atoms with Crippen LogP contribution in [-0.2, 0) is 9.59 Å². The average molecular weight is 218 g/mol. The number of carboxylic acids is 1. The summed E-state index contributed by atoms with van der Waals surface area (Å²) >= 11 is 0. The molecule has 0 radical (unpaired) electrons. The van der Waals surface area contributed by atoms with Crippen molar-refractivity contribution in [2.75, 3.05) is 27.7 Å². The minimum atomic E-state index is -1.76. The van der Waals surface area contributed by atoms with E-state index >= 15 is 0 Å². The van der Waals surface area contributed by atoms with Gasteiger partial charge in [-0.05, 0) is 0 Å². The monoisotopic (exact) mass is 218 g/mol. The van der Waals surface area contributed by atoms with E-state index in [0.29, 0.717) is 4.48 Å². The van der Waals surface area contributed by atoms with Crippen LogP contribution in [0.2, 0.25) is 0 Å². The Morgan fingerprint density at radius 2 is 1.87 bits per heavy atom. The maximum absolute atomic E-state index is 10.8. The maximum Gasteiger partial charge on any atom is 0.219 e. The molecular formula is C9H18N2O4. The quantitative estimate of drug-likeness (QED) is 0.399. The zero-order chi connectivity index (χ0) is 12.3. The molecule has 0 aliphatic heterocycles. The van der Waals surface area contributed by atoms with Gasteiger partial charge >= 0.3 is 0 Å². The molecule has 6 heteroatoms. The van der Waals surface area contributed by atoms with E-state index in [9.17, 15) is 19.8 Å². The SMILES string of the molecule is CC(=O)NC(O)(CC(=O)[O-])C[N+](C)(C)C. The zero-order valence-corrected chi connectivity index (χ0v) is 9.53. The molecule has 0 aromatic heterocycles. The van der Waals surface area contributed by atoms with E-state index in [2.05, 4.69) is 5.32 Å². The van der Waals surface area contributed by atoms with E-state index in [1.807, 2.05) is 0 Å². The zero-order valence-electron chi connectivity index (χ0n) is 9.53. The van der Waals surface area contributed by atoms with Gasteiger partial charge in [0.1, 0.15) is 6.54 Å². The second-order valence-corrected chi connectivity index (χ2v) is 4.71. The van der Waals surface area contributed by atoms with Crippen molar-refractivity contribution in [3.05, 3.63) is 0 Å². The molecule has 0 saturated heterocycles. The van der Waals surface area contributed by atoms with Gasteiger partial charge in [-0.15, -0.1) is 0 Å². The van der Waals surface area contributed by atoms with Crippen LogP contribution in [0.1, 0.15) is 13.3 Å². The van der Waals surface area contributed by atoms with Crippen molar-refractivity contribution < 1.29 is 24.3 Å². The lowest BCUT2D eigenvalue weighted by molar-refractivity contribution is -0.877. The summed E-state index contributed by atoms with van der Waals surface area (Å²) in [5.41, 5.74) is -1.76. The number of nitrogens with zero attached hydrogens (tertiary/aromatic N) is 1. The third-order valence-corrected chi connectivity index (χ3v) is 1.58. The number of amides is 1. The number of aliphatic hydroxyl groups is 1. The van der Waals surface area contributed by atoms with Gasteiger partial charge in [0.25, 0.3) is 0 Å². The fraction of sp³-hybridized carbons (Fsp3) is 0.778. The minimum absolute atomic E-state index is 0.0839. The second-order valence-electron chi connectivity index (χ2n) is 4.71. The maximum atomic E-state index is 10.8.